The van der Waals surface area contributed by atoms with Crippen molar-refractivity contribution in [1.82, 2.24) is 4.57 Å². The van der Waals surface area contributed by atoms with Crippen LogP contribution in [0.1, 0.15) is 27.6 Å². The van der Waals surface area contributed by atoms with Gasteiger partial charge in [0.15, 0.2) is 4.80 Å². The van der Waals surface area contributed by atoms with Crippen molar-refractivity contribution < 1.29 is 0 Å². The van der Waals surface area contributed by atoms with Gasteiger partial charge >= 0.3 is 0 Å². The first-order valence-electron chi connectivity index (χ1n) is 11.6. The highest BCUT2D eigenvalue weighted by Crippen LogP contribution is 2.44. The van der Waals surface area contributed by atoms with E-state index in [4.69, 9.17) is 33.2 Å². The zero-order chi connectivity index (χ0) is 24.8. The van der Waals surface area contributed by atoms with E-state index in [9.17, 15) is 0 Å². The van der Waals surface area contributed by atoms with Gasteiger partial charge in [0.1, 0.15) is 17.7 Å². The van der Waals surface area contributed by atoms with Gasteiger partial charge in [-0.25, -0.2) is 4.99 Å². The number of hydrogen-bond acceptors (Lipinski definition) is 4. The minimum atomic E-state index is -0.282. The minimum absolute atomic E-state index is 0.282. The Labute approximate surface area is 223 Å². The SMILES string of the molecule is Cc1ccc(N=c2sc3c(n2-c2ccc(C)cc2)N2C=CC=CC2=NC3c2ccc(Cl)cc2Cl)cc1. The fourth-order valence-electron chi connectivity index (χ4n) is 4.37. The predicted octanol–water partition coefficient (Wildman–Crippen LogP) is 8.09. The largest absolute Gasteiger partial charge is 0.286 e. The van der Waals surface area contributed by atoms with Gasteiger partial charge in [0, 0.05) is 27.5 Å². The highest BCUT2D eigenvalue weighted by molar-refractivity contribution is 7.10. The van der Waals surface area contributed by atoms with Crippen LogP contribution in [0.25, 0.3) is 5.69 Å². The predicted molar refractivity (Wildman–Crippen MR) is 151 cm³/mol. The monoisotopic (exact) mass is 528 g/mol. The Balaban J connectivity index is 1.66. The number of aryl methyl sites for hydroxylation is 2. The molecule has 1 unspecified atom stereocenters. The highest BCUT2D eigenvalue weighted by atomic mass is 35.5. The molecule has 0 saturated heterocycles. The summed E-state index contributed by atoms with van der Waals surface area (Å²) in [5.41, 5.74) is 5.25. The van der Waals surface area contributed by atoms with E-state index in [1.54, 1.807) is 17.4 Å². The summed E-state index contributed by atoms with van der Waals surface area (Å²) in [7, 11) is 0. The number of benzene rings is 3. The summed E-state index contributed by atoms with van der Waals surface area (Å²) in [5.74, 6) is 1.86. The fraction of sp³-hybridized carbons (Fsp3) is 0.103. The second-order valence-electron chi connectivity index (χ2n) is 8.82. The third kappa shape index (κ3) is 4.13. The van der Waals surface area contributed by atoms with Gasteiger partial charge in [0.2, 0.25) is 0 Å². The van der Waals surface area contributed by atoms with Crippen molar-refractivity contribution >= 4 is 51.9 Å². The van der Waals surface area contributed by atoms with E-state index >= 15 is 0 Å². The lowest BCUT2D eigenvalue weighted by atomic mass is 10.0. The number of rotatable bonds is 3. The Hall–Kier alpha value is -3.38. The van der Waals surface area contributed by atoms with Crippen LogP contribution in [0.15, 0.2) is 101 Å². The molecule has 4 nitrogen and oxygen atoms in total. The maximum absolute atomic E-state index is 6.71. The topological polar surface area (TPSA) is 32.9 Å². The van der Waals surface area contributed by atoms with Crippen LogP contribution in [0.5, 0.6) is 0 Å². The molecule has 0 aliphatic carbocycles. The molecule has 2 aliphatic rings. The summed E-state index contributed by atoms with van der Waals surface area (Å²) in [6, 6.07) is 22.1. The van der Waals surface area contributed by atoms with Crippen molar-refractivity contribution in [3.63, 3.8) is 0 Å². The van der Waals surface area contributed by atoms with E-state index in [-0.39, 0.29) is 6.04 Å². The van der Waals surface area contributed by atoms with Gasteiger partial charge in [0.25, 0.3) is 0 Å². The van der Waals surface area contributed by atoms with Crippen LogP contribution in [0, 0.1) is 13.8 Å². The van der Waals surface area contributed by atoms with E-state index < -0.39 is 0 Å². The first-order chi connectivity index (χ1) is 17.5. The summed E-state index contributed by atoms with van der Waals surface area (Å²) in [6.07, 6.45) is 8.09. The molecule has 0 bridgehead atoms. The van der Waals surface area contributed by atoms with Crippen molar-refractivity contribution in [1.29, 1.82) is 0 Å². The van der Waals surface area contributed by atoms with Crippen LogP contribution < -0.4 is 9.70 Å². The average molecular weight is 529 g/mol. The first kappa shape index (κ1) is 23.0. The molecular formula is C29H22Cl2N4S. The number of hydrogen-bond donors (Lipinski definition) is 0. The zero-order valence-corrected chi connectivity index (χ0v) is 22.0. The summed E-state index contributed by atoms with van der Waals surface area (Å²) in [4.78, 5) is 14.3. The van der Waals surface area contributed by atoms with Crippen molar-refractivity contribution in [2.75, 3.05) is 4.90 Å². The normalized spacial score (nSPS) is 16.7. The van der Waals surface area contributed by atoms with Gasteiger partial charge in [-0.15, -0.1) is 0 Å². The number of anilines is 1. The number of nitrogens with zero attached hydrogens (tertiary/aromatic N) is 4. The number of amidine groups is 1. The molecule has 3 aromatic carbocycles. The van der Waals surface area contributed by atoms with Gasteiger partial charge < -0.3 is 0 Å². The lowest BCUT2D eigenvalue weighted by molar-refractivity contribution is 0.847. The van der Waals surface area contributed by atoms with Gasteiger partial charge in [-0.05, 0) is 62.4 Å². The molecule has 1 atom stereocenters. The highest BCUT2D eigenvalue weighted by Gasteiger charge is 2.34. The molecule has 0 amide bonds. The third-order valence-electron chi connectivity index (χ3n) is 6.21. The number of allylic oxidation sites excluding steroid dienone is 2. The van der Waals surface area contributed by atoms with Crippen LogP contribution in [-0.4, -0.2) is 10.4 Å². The Morgan fingerprint density at radius 1 is 0.889 bits per heavy atom. The molecule has 3 heterocycles. The van der Waals surface area contributed by atoms with Crippen molar-refractivity contribution in [2.45, 2.75) is 19.9 Å². The van der Waals surface area contributed by atoms with Gasteiger partial charge in [0.05, 0.1) is 10.6 Å². The summed E-state index contributed by atoms with van der Waals surface area (Å²) in [5, 5.41) is 1.20. The summed E-state index contributed by atoms with van der Waals surface area (Å²) in [6.45, 7) is 4.17. The zero-order valence-electron chi connectivity index (χ0n) is 19.7. The molecular weight excluding hydrogens is 507 g/mol. The Morgan fingerprint density at radius 2 is 1.61 bits per heavy atom. The van der Waals surface area contributed by atoms with Crippen LogP contribution in [0.4, 0.5) is 11.5 Å². The van der Waals surface area contributed by atoms with Crippen LogP contribution in [0.2, 0.25) is 10.0 Å². The minimum Gasteiger partial charge on any atom is -0.286 e. The fourth-order valence-corrected chi connectivity index (χ4v) is 6.08. The Kier molecular flexibility index (Phi) is 5.92. The Bertz CT molecular complexity index is 1620. The quantitative estimate of drug-likeness (QED) is 0.264. The molecule has 4 aromatic rings. The molecule has 0 spiro atoms. The molecule has 36 heavy (non-hydrogen) atoms. The second kappa shape index (κ2) is 9.25. The van der Waals surface area contributed by atoms with Gasteiger partial charge in [-0.2, -0.15) is 0 Å². The second-order valence-corrected chi connectivity index (χ2v) is 10.7. The van der Waals surface area contributed by atoms with Crippen molar-refractivity contribution in [3.05, 3.63) is 128 Å². The number of aromatic nitrogens is 1. The van der Waals surface area contributed by atoms with E-state index in [0.29, 0.717) is 10.0 Å². The van der Waals surface area contributed by atoms with Gasteiger partial charge in [-0.3, -0.25) is 14.5 Å². The molecule has 0 fully saturated rings. The van der Waals surface area contributed by atoms with E-state index in [1.165, 1.54) is 11.1 Å². The molecule has 2 aliphatic heterocycles. The third-order valence-corrected chi connectivity index (χ3v) is 7.85. The number of aliphatic imine (C=N–C) groups is 1. The molecule has 0 saturated carbocycles. The lowest BCUT2D eigenvalue weighted by Gasteiger charge is -2.31. The smallest absolute Gasteiger partial charge is 0.196 e. The molecule has 0 N–H and O–H groups in total. The maximum atomic E-state index is 6.71. The van der Waals surface area contributed by atoms with Crippen molar-refractivity contribution in [3.8, 4) is 5.69 Å². The van der Waals surface area contributed by atoms with Gasteiger partial charge in [-0.1, -0.05) is 82.1 Å². The van der Waals surface area contributed by atoms with E-state index in [0.717, 1.165) is 38.3 Å². The first-order valence-corrected chi connectivity index (χ1v) is 13.2. The molecule has 0 radical (unpaired) electrons. The van der Waals surface area contributed by atoms with E-state index in [1.807, 2.05) is 48.7 Å². The standard InChI is InChI=1S/C29H22Cl2N4S/c1-18-6-11-21(12-7-18)32-29-35(22-13-8-19(2)9-14-22)28-27(36-29)26(23-15-10-20(30)17-24(23)31)33-25-5-3-4-16-34(25)28/h3-17,26H,1-2H3. The molecule has 1 aromatic heterocycles. The van der Waals surface area contributed by atoms with Crippen LogP contribution in [-0.2, 0) is 0 Å². The Morgan fingerprint density at radius 3 is 2.33 bits per heavy atom. The number of fused-ring (bicyclic) bond motifs is 3. The summed E-state index contributed by atoms with van der Waals surface area (Å²) >= 11 is 14.6. The van der Waals surface area contributed by atoms with Crippen molar-refractivity contribution in [2.24, 2.45) is 9.98 Å². The lowest BCUT2D eigenvalue weighted by Crippen LogP contribution is -2.33. The molecule has 6 rings (SSSR count). The van der Waals surface area contributed by atoms with Crippen LogP contribution >= 0.6 is 34.5 Å². The molecule has 178 valence electrons. The van der Waals surface area contributed by atoms with Crippen LogP contribution in [0.3, 0.4) is 0 Å². The maximum Gasteiger partial charge on any atom is 0.196 e. The average Bonchev–Trinajstić information content (AvgIpc) is 3.25. The number of halogens is 2. The number of thiazole rings is 1. The van der Waals surface area contributed by atoms with E-state index in [2.05, 4.69) is 59.7 Å². The summed E-state index contributed by atoms with van der Waals surface area (Å²) < 4.78 is 2.22. The molecule has 7 heteroatoms.